The fourth-order valence-corrected chi connectivity index (χ4v) is 2.83. The van der Waals surface area contributed by atoms with E-state index in [9.17, 15) is 4.79 Å². The lowest BCUT2D eigenvalue weighted by atomic mass is 10.1. The Balaban J connectivity index is 1.68. The second kappa shape index (κ2) is 8.45. The summed E-state index contributed by atoms with van der Waals surface area (Å²) in [4.78, 5) is 21.3. The van der Waals surface area contributed by atoms with Crippen LogP contribution in [0, 0.1) is 20.8 Å². The van der Waals surface area contributed by atoms with Crippen LogP contribution < -0.4 is 10.6 Å². The highest BCUT2D eigenvalue weighted by molar-refractivity contribution is 6.03. The zero-order chi connectivity index (χ0) is 19.2. The highest BCUT2D eigenvalue weighted by Crippen LogP contribution is 2.19. The van der Waals surface area contributed by atoms with Gasteiger partial charge in [-0.05, 0) is 49.9 Å². The smallest absolute Gasteiger partial charge is 0.274 e. The van der Waals surface area contributed by atoms with E-state index >= 15 is 0 Å². The number of aryl methyl sites for hydroxylation is 2. The van der Waals surface area contributed by atoms with Gasteiger partial charge in [0.1, 0.15) is 17.3 Å². The molecular formula is C22H24N4O. The number of nitrogens with zero attached hydrogens (tertiary/aromatic N) is 2. The second-order valence-corrected chi connectivity index (χ2v) is 6.55. The molecule has 0 unspecified atom stereocenters. The zero-order valence-corrected chi connectivity index (χ0v) is 15.9. The summed E-state index contributed by atoms with van der Waals surface area (Å²) in [6.45, 7) is 6.54. The minimum absolute atomic E-state index is 0.236. The van der Waals surface area contributed by atoms with Crippen molar-refractivity contribution >= 4 is 17.4 Å². The van der Waals surface area contributed by atoms with Gasteiger partial charge >= 0.3 is 0 Å². The maximum atomic E-state index is 12.6. The number of rotatable bonds is 6. The van der Waals surface area contributed by atoms with E-state index in [1.807, 2.05) is 50.2 Å². The lowest BCUT2D eigenvalue weighted by Crippen LogP contribution is -2.17. The highest BCUT2D eigenvalue weighted by Gasteiger charge is 2.12. The molecule has 27 heavy (non-hydrogen) atoms. The zero-order valence-electron chi connectivity index (χ0n) is 15.9. The van der Waals surface area contributed by atoms with Crippen LogP contribution in [0.2, 0.25) is 0 Å². The van der Waals surface area contributed by atoms with Crippen molar-refractivity contribution in [1.82, 2.24) is 9.97 Å². The lowest BCUT2D eigenvalue weighted by molar-refractivity contribution is 0.102. The van der Waals surface area contributed by atoms with E-state index in [-0.39, 0.29) is 5.91 Å². The fraction of sp³-hybridized carbons (Fsp3) is 0.227. The van der Waals surface area contributed by atoms with Gasteiger partial charge in [-0.3, -0.25) is 4.79 Å². The Morgan fingerprint density at radius 3 is 2.52 bits per heavy atom. The summed E-state index contributed by atoms with van der Waals surface area (Å²) >= 11 is 0. The number of hydrogen-bond acceptors (Lipinski definition) is 4. The summed E-state index contributed by atoms with van der Waals surface area (Å²) in [5, 5.41) is 6.23. The van der Waals surface area contributed by atoms with E-state index in [1.54, 1.807) is 13.0 Å². The van der Waals surface area contributed by atoms with Gasteiger partial charge in [0.2, 0.25) is 0 Å². The fourth-order valence-electron chi connectivity index (χ4n) is 2.83. The Morgan fingerprint density at radius 1 is 0.963 bits per heavy atom. The second-order valence-electron chi connectivity index (χ2n) is 6.55. The Kier molecular flexibility index (Phi) is 5.81. The molecule has 0 aliphatic carbocycles. The molecule has 0 saturated carbocycles. The quantitative estimate of drug-likeness (QED) is 0.687. The molecule has 0 atom stereocenters. The predicted molar refractivity (Wildman–Crippen MR) is 109 cm³/mol. The SMILES string of the molecule is Cc1nc(NCCc2ccccc2)cc(C(=O)Nc2cccc(C)c2C)n1. The number of amides is 1. The van der Waals surface area contributed by atoms with E-state index < -0.39 is 0 Å². The van der Waals surface area contributed by atoms with Gasteiger partial charge in [-0.15, -0.1) is 0 Å². The van der Waals surface area contributed by atoms with Crippen LogP contribution in [0.3, 0.4) is 0 Å². The third-order valence-electron chi connectivity index (χ3n) is 4.49. The van der Waals surface area contributed by atoms with E-state index in [4.69, 9.17) is 0 Å². The van der Waals surface area contributed by atoms with Crippen LogP contribution in [0.25, 0.3) is 0 Å². The molecule has 0 saturated heterocycles. The Hall–Kier alpha value is -3.21. The van der Waals surface area contributed by atoms with Crippen LogP contribution in [-0.2, 0) is 6.42 Å². The van der Waals surface area contributed by atoms with Crippen molar-refractivity contribution in [1.29, 1.82) is 0 Å². The van der Waals surface area contributed by atoms with Crippen LogP contribution in [0.1, 0.15) is 33.0 Å². The summed E-state index contributed by atoms with van der Waals surface area (Å²) < 4.78 is 0. The first-order valence-corrected chi connectivity index (χ1v) is 9.04. The summed E-state index contributed by atoms with van der Waals surface area (Å²) in [7, 11) is 0. The van der Waals surface area contributed by atoms with E-state index in [1.165, 1.54) is 5.56 Å². The normalized spacial score (nSPS) is 10.5. The first kappa shape index (κ1) is 18.6. The molecule has 1 amide bonds. The molecule has 3 rings (SSSR count). The third kappa shape index (κ3) is 4.91. The van der Waals surface area contributed by atoms with E-state index in [0.717, 1.165) is 29.8 Å². The maximum Gasteiger partial charge on any atom is 0.274 e. The summed E-state index contributed by atoms with van der Waals surface area (Å²) in [6, 6.07) is 17.8. The van der Waals surface area contributed by atoms with E-state index in [2.05, 4.69) is 32.7 Å². The first-order valence-electron chi connectivity index (χ1n) is 9.04. The van der Waals surface area contributed by atoms with Crippen molar-refractivity contribution in [3.05, 3.63) is 82.8 Å². The van der Waals surface area contributed by atoms with Crippen LogP contribution in [-0.4, -0.2) is 22.4 Å². The van der Waals surface area contributed by atoms with Crippen LogP contribution >= 0.6 is 0 Å². The van der Waals surface area contributed by atoms with Crippen molar-refractivity contribution in [2.75, 3.05) is 17.2 Å². The van der Waals surface area contributed by atoms with Gasteiger partial charge in [0.15, 0.2) is 0 Å². The maximum absolute atomic E-state index is 12.6. The van der Waals surface area contributed by atoms with Crippen LogP contribution in [0.4, 0.5) is 11.5 Å². The molecule has 1 heterocycles. The predicted octanol–water partition coefficient (Wildman–Crippen LogP) is 4.31. The van der Waals surface area contributed by atoms with Crippen molar-refractivity contribution < 1.29 is 4.79 Å². The molecule has 0 radical (unpaired) electrons. The number of anilines is 2. The first-order chi connectivity index (χ1) is 13.0. The number of hydrogen-bond donors (Lipinski definition) is 2. The molecule has 0 aliphatic rings. The molecule has 0 fully saturated rings. The van der Waals surface area contributed by atoms with Gasteiger partial charge in [0.25, 0.3) is 5.91 Å². The molecule has 2 N–H and O–H groups in total. The molecule has 0 bridgehead atoms. The van der Waals surface area contributed by atoms with Gasteiger partial charge in [0.05, 0.1) is 0 Å². The van der Waals surface area contributed by atoms with Gasteiger partial charge in [0, 0.05) is 18.3 Å². The van der Waals surface area contributed by atoms with Crippen LogP contribution in [0.5, 0.6) is 0 Å². The molecular weight excluding hydrogens is 336 g/mol. The molecule has 3 aromatic rings. The van der Waals surface area contributed by atoms with Crippen molar-refractivity contribution in [3.8, 4) is 0 Å². The monoisotopic (exact) mass is 360 g/mol. The molecule has 0 spiro atoms. The number of nitrogens with one attached hydrogen (secondary N) is 2. The molecule has 0 aliphatic heterocycles. The summed E-state index contributed by atoms with van der Waals surface area (Å²) in [5.41, 5.74) is 4.59. The minimum Gasteiger partial charge on any atom is -0.370 e. The van der Waals surface area contributed by atoms with Crippen molar-refractivity contribution in [2.24, 2.45) is 0 Å². The van der Waals surface area contributed by atoms with Gasteiger partial charge in [-0.25, -0.2) is 9.97 Å². The van der Waals surface area contributed by atoms with Gasteiger partial charge < -0.3 is 10.6 Å². The summed E-state index contributed by atoms with van der Waals surface area (Å²) in [5.74, 6) is 0.982. The topological polar surface area (TPSA) is 66.9 Å². The standard InChI is InChI=1S/C22H24N4O/c1-15-8-7-11-19(16(15)2)26-22(27)20-14-21(25-17(3)24-20)23-13-12-18-9-5-4-6-10-18/h4-11,14H,12-13H2,1-3H3,(H,26,27)(H,23,24,25). The minimum atomic E-state index is -0.236. The Morgan fingerprint density at radius 2 is 1.74 bits per heavy atom. The number of aromatic nitrogens is 2. The number of benzene rings is 2. The Labute approximate surface area is 159 Å². The molecule has 1 aromatic heterocycles. The average molecular weight is 360 g/mol. The number of carbonyl (C=O) groups is 1. The van der Waals surface area contributed by atoms with Gasteiger partial charge in [-0.1, -0.05) is 42.5 Å². The molecule has 2 aromatic carbocycles. The van der Waals surface area contributed by atoms with Crippen molar-refractivity contribution in [3.63, 3.8) is 0 Å². The highest BCUT2D eigenvalue weighted by atomic mass is 16.1. The van der Waals surface area contributed by atoms with Crippen molar-refractivity contribution in [2.45, 2.75) is 27.2 Å². The molecule has 5 heteroatoms. The van der Waals surface area contributed by atoms with Gasteiger partial charge in [-0.2, -0.15) is 0 Å². The molecule has 5 nitrogen and oxygen atoms in total. The van der Waals surface area contributed by atoms with E-state index in [0.29, 0.717) is 17.3 Å². The molecule has 138 valence electrons. The third-order valence-corrected chi connectivity index (χ3v) is 4.49. The average Bonchev–Trinajstić information content (AvgIpc) is 2.66. The van der Waals surface area contributed by atoms with Crippen LogP contribution in [0.15, 0.2) is 54.6 Å². The summed E-state index contributed by atoms with van der Waals surface area (Å²) in [6.07, 6.45) is 0.883. The lowest BCUT2D eigenvalue weighted by Gasteiger charge is -2.11. The Bertz CT molecular complexity index is 938. The largest absolute Gasteiger partial charge is 0.370 e. The number of carbonyl (C=O) groups excluding carboxylic acids is 1.